The summed E-state index contributed by atoms with van der Waals surface area (Å²) in [7, 11) is 0. The average molecular weight is 233 g/mol. The highest BCUT2D eigenvalue weighted by Gasteiger charge is 2.47. The van der Waals surface area contributed by atoms with Gasteiger partial charge >= 0.3 is 0 Å². The zero-order chi connectivity index (χ0) is 12.0. The minimum Gasteiger partial charge on any atom is -0.393 e. The van der Waals surface area contributed by atoms with Gasteiger partial charge in [-0.25, -0.2) is 0 Å². The van der Waals surface area contributed by atoms with Gasteiger partial charge in [0, 0.05) is 12.1 Å². The molecule has 0 amide bonds. The third kappa shape index (κ3) is 1.63. The molecule has 2 aliphatic rings. The van der Waals surface area contributed by atoms with Crippen LogP contribution in [0.2, 0.25) is 0 Å². The Morgan fingerprint density at radius 3 is 2.41 bits per heavy atom. The Kier molecular flexibility index (Phi) is 2.40. The number of nitro benzene ring substituents is 1. The summed E-state index contributed by atoms with van der Waals surface area (Å²) in [5, 5.41) is 20.6. The van der Waals surface area contributed by atoms with Crippen molar-refractivity contribution in [2.24, 2.45) is 11.8 Å². The summed E-state index contributed by atoms with van der Waals surface area (Å²) in [6, 6.07) is 6.81. The Hall–Kier alpha value is -1.42. The first-order valence-electron chi connectivity index (χ1n) is 6.09. The van der Waals surface area contributed by atoms with Crippen LogP contribution in [0, 0.1) is 22.0 Å². The molecule has 0 spiro atoms. The standard InChI is InChI=1S/C13H15NO3/c15-13-9-3-6-11(13)12(7-9)8-1-4-10(5-2-8)14(16)17/h1-2,4-5,9,11-13,15H,3,6-7H2/t9-,11+,12-,13+/m1/s1. The normalized spacial score (nSPS) is 35.1. The fourth-order valence-electron chi connectivity index (χ4n) is 3.52. The average Bonchev–Trinajstić information content (AvgIpc) is 2.85. The van der Waals surface area contributed by atoms with Crippen molar-refractivity contribution in [1.29, 1.82) is 0 Å². The molecule has 1 N–H and O–H groups in total. The summed E-state index contributed by atoms with van der Waals surface area (Å²) >= 11 is 0. The van der Waals surface area contributed by atoms with E-state index in [4.69, 9.17) is 0 Å². The van der Waals surface area contributed by atoms with Crippen LogP contribution in [0.15, 0.2) is 24.3 Å². The molecule has 0 saturated heterocycles. The molecular weight excluding hydrogens is 218 g/mol. The summed E-state index contributed by atoms with van der Waals surface area (Å²) in [6.45, 7) is 0. The van der Waals surface area contributed by atoms with E-state index in [-0.39, 0.29) is 16.7 Å². The maximum Gasteiger partial charge on any atom is 0.269 e. The first kappa shape index (κ1) is 10.7. The van der Waals surface area contributed by atoms with Crippen molar-refractivity contribution in [3.05, 3.63) is 39.9 Å². The Morgan fingerprint density at radius 2 is 1.94 bits per heavy atom. The number of aliphatic hydroxyl groups excluding tert-OH is 1. The lowest BCUT2D eigenvalue weighted by Crippen LogP contribution is -2.14. The molecule has 0 heterocycles. The van der Waals surface area contributed by atoms with E-state index >= 15 is 0 Å². The van der Waals surface area contributed by atoms with Crippen LogP contribution >= 0.6 is 0 Å². The second-order valence-corrected chi connectivity index (χ2v) is 5.18. The lowest BCUT2D eigenvalue weighted by Gasteiger charge is -2.21. The molecule has 0 unspecified atom stereocenters. The number of nitro groups is 1. The van der Waals surface area contributed by atoms with Gasteiger partial charge in [0.25, 0.3) is 5.69 Å². The Labute approximate surface area is 99.4 Å². The molecule has 2 fully saturated rings. The predicted molar refractivity (Wildman–Crippen MR) is 62.7 cm³/mol. The van der Waals surface area contributed by atoms with Gasteiger partial charge in [-0.1, -0.05) is 12.1 Å². The number of aliphatic hydroxyl groups is 1. The van der Waals surface area contributed by atoms with Crippen molar-refractivity contribution in [2.45, 2.75) is 31.3 Å². The van der Waals surface area contributed by atoms with Crippen LogP contribution in [0.5, 0.6) is 0 Å². The number of benzene rings is 1. The third-order valence-electron chi connectivity index (χ3n) is 4.40. The molecule has 17 heavy (non-hydrogen) atoms. The molecule has 90 valence electrons. The third-order valence-corrected chi connectivity index (χ3v) is 4.40. The zero-order valence-corrected chi connectivity index (χ0v) is 9.45. The monoisotopic (exact) mass is 233 g/mol. The number of rotatable bonds is 2. The van der Waals surface area contributed by atoms with Gasteiger partial charge in [0.2, 0.25) is 0 Å². The molecular formula is C13H15NO3. The molecule has 1 aromatic carbocycles. The minimum atomic E-state index is -0.376. The fourth-order valence-corrected chi connectivity index (χ4v) is 3.52. The smallest absolute Gasteiger partial charge is 0.269 e. The molecule has 3 rings (SSSR count). The minimum absolute atomic E-state index is 0.137. The van der Waals surface area contributed by atoms with Gasteiger partial charge in [-0.15, -0.1) is 0 Å². The van der Waals surface area contributed by atoms with Gasteiger partial charge in [0.1, 0.15) is 0 Å². The Morgan fingerprint density at radius 1 is 1.24 bits per heavy atom. The number of fused-ring (bicyclic) bond motifs is 2. The van der Waals surface area contributed by atoms with Crippen LogP contribution in [0.3, 0.4) is 0 Å². The van der Waals surface area contributed by atoms with Crippen LogP contribution in [-0.2, 0) is 0 Å². The van der Waals surface area contributed by atoms with E-state index < -0.39 is 0 Å². The lowest BCUT2D eigenvalue weighted by molar-refractivity contribution is -0.384. The van der Waals surface area contributed by atoms with Crippen molar-refractivity contribution in [2.75, 3.05) is 0 Å². The van der Waals surface area contributed by atoms with Crippen LogP contribution in [0.1, 0.15) is 30.7 Å². The summed E-state index contributed by atoms with van der Waals surface area (Å²) in [4.78, 5) is 10.2. The van der Waals surface area contributed by atoms with E-state index in [2.05, 4.69) is 0 Å². The van der Waals surface area contributed by atoms with Gasteiger partial charge in [-0.3, -0.25) is 10.1 Å². The fraction of sp³-hybridized carbons (Fsp3) is 0.538. The summed E-state index contributed by atoms with van der Waals surface area (Å²) < 4.78 is 0. The van der Waals surface area contributed by atoms with Crippen molar-refractivity contribution >= 4 is 5.69 Å². The van der Waals surface area contributed by atoms with Crippen LogP contribution in [0.4, 0.5) is 5.69 Å². The molecule has 2 bridgehead atoms. The molecule has 4 heteroatoms. The molecule has 0 aromatic heterocycles. The molecule has 1 aromatic rings. The Balaban J connectivity index is 1.84. The zero-order valence-electron chi connectivity index (χ0n) is 9.45. The highest BCUT2D eigenvalue weighted by Crippen LogP contribution is 2.52. The Bertz CT molecular complexity index is 442. The highest BCUT2D eigenvalue weighted by atomic mass is 16.6. The quantitative estimate of drug-likeness (QED) is 0.630. The molecule has 0 aliphatic heterocycles. The van der Waals surface area contributed by atoms with Crippen LogP contribution < -0.4 is 0 Å². The van der Waals surface area contributed by atoms with E-state index in [1.165, 1.54) is 0 Å². The maximum absolute atomic E-state index is 10.6. The number of nitrogens with zero attached hydrogens (tertiary/aromatic N) is 1. The van der Waals surface area contributed by atoms with Gasteiger partial charge in [0.15, 0.2) is 0 Å². The van der Waals surface area contributed by atoms with Gasteiger partial charge in [-0.05, 0) is 42.6 Å². The summed E-state index contributed by atoms with van der Waals surface area (Å²) in [5.74, 6) is 1.20. The van der Waals surface area contributed by atoms with Crippen molar-refractivity contribution in [1.82, 2.24) is 0 Å². The first-order valence-corrected chi connectivity index (χ1v) is 6.09. The van der Waals surface area contributed by atoms with Crippen LogP contribution in [-0.4, -0.2) is 16.1 Å². The van der Waals surface area contributed by atoms with Crippen molar-refractivity contribution in [3.8, 4) is 0 Å². The van der Waals surface area contributed by atoms with E-state index in [1.54, 1.807) is 12.1 Å². The van der Waals surface area contributed by atoms with Crippen molar-refractivity contribution < 1.29 is 10.0 Å². The molecule has 4 nitrogen and oxygen atoms in total. The van der Waals surface area contributed by atoms with E-state index in [1.807, 2.05) is 12.1 Å². The molecule has 2 aliphatic carbocycles. The summed E-state index contributed by atoms with van der Waals surface area (Å²) in [6.07, 6.45) is 3.10. The predicted octanol–water partition coefficient (Wildman–Crippen LogP) is 2.47. The van der Waals surface area contributed by atoms with Gasteiger partial charge in [0.05, 0.1) is 11.0 Å². The van der Waals surface area contributed by atoms with E-state index in [0.717, 1.165) is 24.8 Å². The maximum atomic E-state index is 10.6. The highest BCUT2D eigenvalue weighted by molar-refractivity contribution is 5.35. The number of non-ortho nitro benzene ring substituents is 1. The second-order valence-electron chi connectivity index (χ2n) is 5.18. The number of hydrogen-bond acceptors (Lipinski definition) is 3. The second kappa shape index (κ2) is 3.81. The topological polar surface area (TPSA) is 63.4 Å². The molecule has 4 atom stereocenters. The lowest BCUT2D eigenvalue weighted by atomic mass is 9.83. The largest absolute Gasteiger partial charge is 0.393 e. The van der Waals surface area contributed by atoms with Gasteiger partial charge in [-0.2, -0.15) is 0 Å². The molecule has 0 radical (unpaired) electrons. The molecule has 2 saturated carbocycles. The summed E-state index contributed by atoms with van der Waals surface area (Å²) in [5.41, 5.74) is 1.28. The van der Waals surface area contributed by atoms with Crippen LogP contribution in [0.25, 0.3) is 0 Å². The SMILES string of the molecule is O=[N+]([O-])c1ccc([C@H]2C[C@H]3CC[C@@H]2[C@H]3O)cc1. The first-order chi connectivity index (χ1) is 8.16. The van der Waals surface area contributed by atoms with Crippen molar-refractivity contribution in [3.63, 3.8) is 0 Å². The number of hydrogen-bond donors (Lipinski definition) is 1. The van der Waals surface area contributed by atoms with E-state index in [9.17, 15) is 15.2 Å². The van der Waals surface area contributed by atoms with E-state index in [0.29, 0.717) is 17.8 Å². The van der Waals surface area contributed by atoms with Gasteiger partial charge < -0.3 is 5.11 Å².